The van der Waals surface area contributed by atoms with Gasteiger partial charge in [0.25, 0.3) is 0 Å². The standard InChI is InChI=1S/C21H26N6O2S/c1-14-13-29-11-10-26(14)20-12-19(25-30(3,28)16-8-9-16)23-21(24-20)27-15(2)22-17-6-4-5-7-18(17)27/h4-7,12,14,16H,8-11,13H2,1-3H3/t14-,30-/m1/s1. The van der Waals surface area contributed by atoms with Gasteiger partial charge in [0.1, 0.15) is 11.6 Å². The zero-order chi connectivity index (χ0) is 20.9. The molecular formula is C21H26N6O2S. The molecule has 0 amide bonds. The lowest BCUT2D eigenvalue weighted by Crippen LogP contribution is -2.44. The van der Waals surface area contributed by atoms with Crippen molar-refractivity contribution in [3.63, 3.8) is 0 Å². The van der Waals surface area contributed by atoms with E-state index in [0.717, 1.165) is 42.1 Å². The maximum absolute atomic E-state index is 13.1. The van der Waals surface area contributed by atoms with Crippen LogP contribution in [-0.4, -0.2) is 61.0 Å². The minimum Gasteiger partial charge on any atom is -0.377 e. The number of aryl methyl sites for hydroxylation is 1. The van der Waals surface area contributed by atoms with Gasteiger partial charge < -0.3 is 9.64 Å². The summed E-state index contributed by atoms with van der Waals surface area (Å²) in [6.45, 7) is 6.09. The number of ether oxygens (including phenoxy) is 1. The molecule has 5 rings (SSSR count). The van der Waals surface area contributed by atoms with Gasteiger partial charge in [-0.1, -0.05) is 12.1 Å². The van der Waals surface area contributed by atoms with E-state index in [1.165, 1.54) is 0 Å². The number of hydrogen-bond donors (Lipinski definition) is 0. The minimum absolute atomic E-state index is 0.164. The molecule has 1 aromatic carbocycles. The van der Waals surface area contributed by atoms with Crippen molar-refractivity contribution in [2.45, 2.75) is 38.0 Å². The van der Waals surface area contributed by atoms with Crippen LogP contribution in [0, 0.1) is 6.92 Å². The molecule has 0 bridgehead atoms. The number of imidazole rings is 1. The van der Waals surface area contributed by atoms with Crippen molar-refractivity contribution in [3.05, 3.63) is 36.2 Å². The minimum atomic E-state index is -2.32. The van der Waals surface area contributed by atoms with Gasteiger partial charge in [-0.25, -0.2) is 9.19 Å². The quantitative estimate of drug-likeness (QED) is 0.637. The van der Waals surface area contributed by atoms with E-state index in [1.807, 2.05) is 41.8 Å². The zero-order valence-corrected chi connectivity index (χ0v) is 18.3. The van der Waals surface area contributed by atoms with Crippen LogP contribution in [0.25, 0.3) is 17.0 Å². The third-order valence-corrected chi connectivity index (χ3v) is 7.95. The summed E-state index contributed by atoms with van der Waals surface area (Å²) in [5.74, 6) is 2.54. The van der Waals surface area contributed by atoms with Gasteiger partial charge in [-0.15, -0.1) is 0 Å². The number of nitrogens with zero attached hydrogens (tertiary/aromatic N) is 6. The molecular weight excluding hydrogens is 400 g/mol. The van der Waals surface area contributed by atoms with Gasteiger partial charge in [0.05, 0.1) is 40.0 Å². The fraction of sp³-hybridized carbons (Fsp3) is 0.476. The molecule has 1 aliphatic heterocycles. The summed E-state index contributed by atoms with van der Waals surface area (Å²) in [4.78, 5) is 16.4. The summed E-state index contributed by atoms with van der Waals surface area (Å²) < 4.78 is 25.2. The highest BCUT2D eigenvalue weighted by Crippen LogP contribution is 2.32. The van der Waals surface area contributed by atoms with Crippen molar-refractivity contribution in [3.8, 4) is 5.95 Å². The van der Waals surface area contributed by atoms with Crippen LogP contribution in [0.2, 0.25) is 0 Å². The molecule has 0 N–H and O–H groups in total. The number of hydrogen-bond acceptors (Lipinski definition) is 7. The van der Waals surface area contributed by atoms with E-state index in [9.17, 15) is 4.21 Å². The molecule has 1 saturated carbocycles. The lowest BCUT2D eigenvalue weighted by molar-refractivity contribution is 0.0985. The predicted molar refractivity (Wildman–Crippen MR) is 118 cm³/mol. The molecule has 2 aliphatic rings. The monoisotopic (exact) mass is 426 g/mol. The van der Waals surface area contributed by atoms with Crippen molar-refractivity contribution in [1.82, 2.24) is 19.5 Å². The molecule has 1 aliphatic carbocycles. The average molecular weight is 427 g/mol. The number of anilines is 1. The van der Waals surface area contributed by atoms with E-state index in [-0.39, 0.29) is 11.3 Å². The molecule has 2 fully saturated rings. The maximum Gasteiger partial charge on any atom is 0.239 e. The number of aromatic nitrogens is 4. The molecule has 3 heterocycles. The Morgan fingerprint density at radius 2 is 2.00 bits per heavy atom. The van der Waals surface area contributed by atoms with Gasteiger partial charge in [0, 0.05) is 24.1 Å². The topological polar surface area (TPSA) is 85.5 Å². The van der Waals surface area contributed by atoms with Crippen molar-refractivity contribution in [1.29, 1.82) is 0 Å². The van der Waals surface area contributed by atoms with Gasteiger partial charge >= 0.3 is 0 Å². The van der Waals surface area contributed by atoms with Crippen LogP contribution in [0.4, 0.5) is 11.6 Å². The Morgan fingerprint density at radius 1 is 1.20 bits per heavy atom. The van der Waals surface area contributed by atoms with Gasteiger partial charge in [-0.2, -0.15) is 14.3 Å². The molecule has 9 heteroatoms. The molecule has 2 aromatic heterocycles. The van der Waals surface area contributed by atoms with E-state index in [1.54, 1.807) is 6.26 Å². The Bertz CT molecular complexity index is 1230. The van der Waals surface area contributed by atoms with Crippen molar-refractivity contribution in [2.75, 3.05) is 30.9 Å². The normalized spacial score (nSPS) is 21.6. The summed E-state index contributed by atoms with van der Waals surface area (Å²) in [5, 5.41) is 0.164. The number of rotatable bonds is 4. The molecule has 0 radical (unpaired) electrons. The van der Waals surface area contributed by atoms with E-state index >= 15 is 0 Å². The second kappa shape index (κ2) is 7.31. The first-order chi connectivity index (χ1) is 14.4. The van der Waals surface area contributed by atoms with Crippen LogP contribution in [0.1, 0.15) is 25.6 Å². The summed E-state index contributed by atoms with van der Waals surface area (Å²) in [7, 11) is -2.32. The van der Waals surface area contributed by atoms with Crippen LogP contribution in [0.15, 0.2) is 34.7 Å². The second-order valence-corrected chi connectivity index (χ2v) is 10.7. The SMILES string of the molecule is Cc1nc2ccccc2n1-c1nc(N=[S@](C)(=O)C2CC2)cc(N2CCOC[C@H]2C)n1. The fourth-order valence-electron chi connectivity index (χ4n) is 3.94. The summed E-state index contributed by atoms with van der Waals surface area (Å²) in [5.41, 5.74) is 1.83. The van der Waals surface area contributed by atoms with Crippen molar-refractivity contribution >= 4 is 32.4 Å². The zero-order valence-electron chi connectivity index (χ0n) is 17.5. The van der Waals surface area contributed by atoms with Crippen molar-refractivity contribution in [2.24, 2.45) is 4.36 Å². The highest BCUT2D eigenvalue weighted by molar-refractivity contribution is 7.93. The first-order valence-corrected chi connectivity index (χ1v) is 12.3. The Morgan fingerprint density at radius 3 is 2.77 bits per heavy atom. The third-order valence-electron chi connectivity index (χ3n) is 5.70. The van der Waals surface area contributed by atoms with Crippen LogP contribution in [-0.2, 0) is 14.5 Å². The van der Waals surface area contributed by atoms with E-state index in [4.69, 9.17) is 14.7 Å². The molecule has 0 spiro atoms. The number of fused-ring (bicyclic) bond motifs is 1. The number of morpholine rings is 1. The molecule has 1 saturated heterocycles. The first kappa shape index (κ1) is 19.4. The highest BCUT2D eigenvalue weighted by Gasteiger charge is 2.31. The van der Waals surface area contributed by atoms with E-state index in [0.29, 0.717) is 25.0 Å². The van der Waals surface area contributed by atoms with Gasteiger partial charge in [-0.3, -0.25) is 4.57 Å². The van der Waals surface area contributed by atoms with Crippen LogP contribution in [0.5, 0.6) is 0 Å². The lowest BCUT2D eigenvalue weighted by atomic mass is 10.2. The molecule has 158 valence electrons. The Kier molecular flexibility index (Phi) is 4.74. The first-order valence-electron chi connectivity index (χ1n) is 10.3. The largest absolute Gasteiger partial charge is 0.377 e. The lowest BCUT2D eigenvalue weighted by Gasteiger charge is -2.34. The second-order valence-electron chi connectivity index (χ2n) is 8.14. The molecule has 0 unspecified atom stereocenters. The van der Waals surface area contributed by atoms with Gasteiger partial charge in [0.2, 0.25) is 5.95 Å². The van der Waals surface area contributed by atoms with Gasteiger partial charge in [-0.05, 0) is 38.8 Å². The molecule has 30 heavy (non-hydrogen) atoms. The van der Waals surface area contributed by atoms with Crippen LogP contribution in [0.3, 0.4) is 0 Å². The molecule has 8 nitrogen and oxygen atoms in total. The highest BCUT2D eigenvalue weighted by atomic mass is 32.2. The van der Waals surface area contributed by atoms with Crippen LogP contribution >= 0.6 is 0 Å². The Balaban J connectivity index is 1.70. The third kappa shape index (κ3) is 3.56. The van der Waals surface area contributed by atoms with Gasteiger partial charge in [0.15, 0.2) is 5.82 Å². The van der Waals surface area contributed by atoms with E-state index < -0.39 is 9.73 Å². The fourth-order valence-corrected chi connectivity index (χ4v) is 5.56. The molecule has 3 aromatic rings. The van der Waals surface area contributed by atoms with Crippen LogP contribution < -0.4 is 4.90 Å². The molecule has 2 atom stereocenters. The number of para-hydroxylation sites is 2. The number of benzene rings is 1. The Hall–Kier alpha value is -2.52. The summed E-state index contributed by atoms with van der Waals surface area (Å²) in [6, 6.07) is 9.96. The average Bonchev–Trinajstić information content (AvgIpc) is 3.51. The maximum atomic E-state index is 13.1. The van der Waals surface area contributed by atoms with E-state index in [2.05, 4.69) is 21.2 Å². The Labute approximate surface area is 176 Å². The predicted octanol–water partition coefficient (Wildman–Crippen LogP) is 3.24. The summed E-state index contributed by atoms with van der Waals surface area (Å²) in [6.07, 6.45) is 3.67. The summed E-state index contributed by atoms with van der Waals surface area (Å²) >= 11 is 0. The smallest absolute Gasteiger partial charge is 0.239 e. The van der Waals surface area contributed by atoms with Crippen molar-refractivity contribution < 1.29 is 8.95 Å².